The lowest BCUT2D eigenvalue weighted by molar-refractivity contribution is -0.136. The molecule has 0 radical (unpaired) electrons. The van der Waals surface area contributed by atoms with Gasteiger partial charge in [0, 0.05) is 12.2 Å². The summed E-state index contributed by atoms with van der Waals surface area (Å²) < 4.78 is 10.0. The van der Waals surface area contributed by atoms with Gasteiger partial charge in [-0.1, -0.05) is 0 Å². The molecule has 2 rings (SSSR count). The van der Waals surface area contributed by atoms with Crippen LogP contribution in [0.25, 0.3) is 0 Å². The smallest absolute Gasteiger partial charge is 0.338 e. The summed E-state index contributed by atoms with van der Waals surface area (Å²) in [6.45, 7) is 5.31. The van der Waals surface area contributed by atoms with Crippen LogP contribution in [0.15, 0.2) is 35.5 Å². The van der Waals surface area contributed by atoms with Crippen LogP contribution >= 0.6 is 0 Å². The number of ether oxygens (including phenoxy) is 2. The highest BCUT2D eigenvalue weighted by Gasteiger charge is 2.34. The SMILES string of the molecule is COC(=O)C1=C(Nc2ccc(C(=O)OC(C)(C)C)cc2)C(=O)N(CCO)C1. The predicted octanol–water partition coefficient (Wildman–Crippen LogP) is 1.32. The second-order valence-corrected chi connectivity index (χ2v) is 7.00. The molecular formula is C19H24N2O6. The molecule has 0 unspecified atom stereocenters. The zero-order chi connectivity index (χ0) is 20.2. The fourth-order valence-corrected chi connectivity index (χ4v) is 2.52. The third-order valence-electron chi connectivity index (χ3n) is 3.74. The summed E-state index contributed by atoms with van der Waals surface area (Å²) in [5, 5.41) is 12.0. The van der Waals surface area contributed by atoms with E-state index in [4.69, 9.17) is 14.6 Å². The van der Waals surface area contributed by atoms with Crippen LogP contribution in [-0.2, 0) is 19.1 Å². The van der Waals surface area contributed by atoms with Gasteiger partial charge in [0.1, 0.15) is 11.3 Å². The number of nitrogens with zero attached hydrogens (tertiary/aromatic N) is 1. The Hall–Kier alpha value is -2.87. The maximum absolute atomic E-state index is 12.5. The van der Waals surface area contributed by atoms with Crippen LogP contribution in [0.2, 0.25) is 0 Å². The van der Waals surface area contributed by atoms with E-state index in [1.165, 1.54) is 12.0 Å². The number of nitrogens with one attached hydrogen (secondary N) is 1. The molecule has 0 spiro atoms. The highest BCUT2D eigenvalue weighted by atomic mass is 16.6. The zero-order valence-electron chi connectivity index (χ0n) is 15.9. The normalized spacial score (nSPS) is 14.4. The average molecular weight is 376 g/mol. The van der Waals surface area contributed by atoms with Crippen molar-refractivity contribution in [2.45, 2.75) is 26.4 Å². The summed E-state index contributed by atoms with van der Waals surface area (Å²) in [6.07, 6.45) is 0. The maximum atomic E-state index is 12.5. The van der Waals surface area contributed by atoms with Gasteiger partial charge in [0.25, 0.3) is 5.91 Å². The molecule has 2 N–H and O–H groups in total. The Labute approximate surface area is 157 Å². The molecule has 1 heterocycles. The minimum Gasteiger partial charge on any atom is -0.466 e. The fourth-order valence-electron chi connectivity index (χ4n) is 2.52. The first-order valence-corrected chi connectivity index (χ1v) is 8.48. The van der Waals surface area contributed by atoms with Crippen molar-refractivity contribution in [3.63, 3.8) is 0 Å². The number of aliphatic hydroxyl groups excluding tert-OH is 1. The van der Waals surface area contributed by atoms with Crippen molar-refractivity contribution in [1.29, 1.82) is 0 Å². The van der Waals surface area contributed by atoms with E-state index in [9.17, 15) is 14.4 Å². The van der Waals surface area contributed by atoms with Gasteiger partial charge >= 0.3 is 11.9 Å². The van der Waals surface area contributed by atoms with E-state index in [0.717, 1.165) is 0 Å². The van der Waals surface area contributed by atoms with Crippen LogP contribution in [0.4, 0.5) is 5.69 Å². The van der Waals surface area contributed by atoms with E-state index in [-0.39, 0.29) is 31.0 Å². The lowest BCUT2D eigenvalue weighted by Gasteiger charge is -2.19. The Morgan fingerprint density at radius 3 is 2.33 bits per heavy atom. The first-order valence-electron chi connectivity index (χ1n) is 8.48. The van der Waals surface area contributed by atoms with Crippen molar-refractivity contribution >= 4 is 23.5 Å². The minimum absolute atomic E-state index is 0.0599. The standard InChI is InChI=1S/C19H24N2O6/c1-19(2,3)27-17(24)12-5-7-13(8-6-12)20-15-14(18(25)26-4)11-21(9-10-22)16(15)23/h5-8,20,22H,9-11H2,1-4H3. The van der Waals surface area contributed by atoms with E-state index in [0.29, 0.717) is 11.3 Å². The molecule has 8 heteroatoms. The number of hydrogen-bond acceptors (Lipinski definition) is 7. The van der Waals surface area contributed by atoms with Gasteiger partial charge in [0.2, 0.25) is 0 Å². The van der Waals surface area contributed by atoms with Gasteiger partial charge in [-0.3, -0.25) is 4.79 Å². The molecule has 0 saturated carbocycles. The summed E-state index contributed by atoms with van der Waals surface area (Å²) in [7, 11) is 1.24. The van der Waals surface area contributed by atoms with Crippen LogP contribution in [0.3, 0.4) is 0 Å². The van der Waals surface area contributed by atoms with Crippen molar-refractivity contribution in [3.05, 3.63) is 41.1 Å². The number of esters is 2. The van der Waals surface area contributed by atoms with Gasteiger partial charge in [-0.25, -0.2) is 9.59 Å². The van der Waals surface area contributed by atoms with Gasteiger partial charge < -0.3 is 24.8 Å². The Bertz CT molecular complexity index is 761. The summed E-state index contributed by atoms with van der Waals surface area (Å²) >= 11 is 0. The number of methoxy groups -OCH3 is 1. The Morgan fingerprint density at radius 1 is 1.19 bits per heavy atom. The minimum atomic E-state index is -0.614. The highest BCUT2D eigenvalue weighted by Crippen LogP contribution is 2.23. The Morgan fingerprint density at radius 2 is 1.81 bits per heavy atom. The largest absolute Gasteiger partial charge is 0.466 e. The second-order valence-electron chi connectivity index (χ2n) is 7.00. The molecule has 1 aliphatic rings. The quantitative estimate of drug-likeness (QED) is 0.721. The molecule has 27 heavy (non-hydrogen) atoms. The van der Waals surface area contributed by atoms with Gasteiger partial charge in [-0.05, 0) is 45.0 Å². The molecule has 1 aromatic carbocycles. The van der Waals surface area contributed by atoms with E-state index in [2.05, 4.69) is 5.32 Å². The number of hydrogen-bond donors (Lipinski definition) is 2. The molecule has 1 aromatic rings. The first kappa shape index (κ1) is 20.4. The van der Waals surface area contributed by atoms with Crippen LogP contribution in [0, 0.1) is 0 Å². The number of β-amino-alcohol motifs (C(OH)–C–C–N with tert-alkyl or cyclic N) is 1. The molecule has 8 nitrogen and oxygen atoms in total. The highest BCUT2D eigenvalue weighted by molar-refractivity contribution is 6.08. The molecule has 0 atom stereocenters. The number of carbonyl (C=O) groups is 3. The molecule has 0 fully saturated rings. The van der Waals surface area contributed by atoms with Crippen molar-refractivity contribution in [1.82, 2.24) is 4.90 Å². The number of benzene rings is 1. The van der Waals surface area contributed by atoms with Crippen molar-refractivity contribution in [2.75, 3.05) is 32.1 Å². The van der Waals surface area contributed by atoms with Crippen molar-refractivity contribution < 1.29 is 29.0 Å². The summed E-state index contributed by atoms with van der Waals surface area (Å²) in [5.41, 5.74) is 0.586. The molecular weight excluding hydrogens is 352 g/mol. The molecule has 1 amide bonds. The lowest BCUT2D eigenvalue weighted by Crippen LogP contribution is -2.31. The topological polar surface area (TPSA) is 105 Å². The number of amides is 1. The van der Waals surface area contributed by atoms with E-state index < -0.39 is 23.4 Å². The fraction of sp³-hybridized carbons (Fsp3) is 0.421. The first-order chi connectivity index (χ1) is 12.7. The van der Waals surface area contributed by atoms with Crippen molar-refractivity contribution in [3.8, 4) is 0 Å². The van der Waals surface area contributed by atoms with Gasteiger partial charge in [0.05, 0.1) is 31.4 Å². The number of anilines is 1. The molecule has 0 aromatic heterocycles. The summed E-state index contributed by atoms with van der Waals surface area (Å²) in [6, 6.07) is 6.37. The van der Waals surface area contributed by atoms with E-state index in [1.54, 1.807) is 45.0 Å². The maximum Gasteiger partial charge on any atom is 0.338 e. The monoisotopic (exact) mass is 376 g/mol. The third kappa shape index (κ3) is 5.07. The molecule has 0 aliphatic carbocycles. The second kappa shape index (κ2) is 8.22. The van der Waals surface area contributed by atoms with Gasteiger partial charge in [-0.15, -0.1) is 0 Å². The molecule has 1 aliphatic heterocycles. The van der Waals surface area contributed by atoms with E-state index >= 15 is 0 Å². The molecule has 146 valence electrons. The summed E-state index contributed by atoms with van der Waals surface area (Å²) in [4.78, 5) is 37.9. The van der Waals surface area contributed by atoms with Gasteiger partial charge in [0.15, 0.2) is 0 Å². The predicted molar refractivity (Wildman–Crippen MR) is 97.9 cm³/mol. The van der Waals surface area contributed by atoms with Crippen LogP contribution in [0.5, 0.6) is 0 Å². The molecule has 0 bridgehead atoms. The lowest BCUT2D eigenvalue weighted by atomic mass is 10.1. The van der Waals surface area contributed by atoms with Crippen LogP contribution < -0.4 is 5.32 Å². The van der Waals surface area contributed by atoms with Gasteiger partial charge in [-0.2, -0.15) is 0 Å². The third-order valence-corrected chi connectivity index (χ3v) is 3.74. The van der Waals surface area contributed by atoms with Crippen LogP contribution in [-0.4, -0.2) is 60.3 Å². The zero-order valence-corrected chi connectivity index (χ0v) is 15.9. The Kier molecular flexibility index (Phi) is 6.22. The number of aliphatic hydroxyl groups is 1. The molecule has 0 saturated heterocycles. The number of rotatable bonds is 6. The summed E-state index contributed by atoms with van der Waals surface area (Å²) in [5.74, 6) is -1.47. The van der Waals surface area contributed by atoms with Crippen molar-refractivity contribution in [2.24, 2.45) is 0 Å². The average Bonchev–Trinajstić information content (AvgIpc) is 2.90. The Balaban J connectivity index is 2.19. The van der Waals surface area contributed by atoms with E-state index in [1.807, 2.05) is 0 Å². The number of carbonyl (C=O) groups excluding carboxylic acids is 3. The van der Waals surface area contributed by atoms with Crippen LogP contribution in [0.1, 0.15) is 31.1 Å².